The van der Waals surface area contributed by atoms with Crippen LogP contribution in [-0.4, -0.2) is 63.0 Å². The highest BCUT2D eigenvalue weighted by molar-refractivity contribution is 5.99. The average molecular weight is 384 g/mol. The van der Waals surface area contributed by atoms with Gasteiger partial charge in [0, 0.05) is 37.8 Å². The molecule has 1 aromatic rings. The number of hydrogen-bond donors (Lipinski definition) is 3. The van der Waals surface area contributed by atoms with Crippen LogP contribution >= 0.6 is 0 Å². The number of aliphatic hydroxyl groups excluding tert-OH is 1. The predicted octanol–water partition coefficient (Wildman–Crippen LogP) is 0.582. The van der Waals surface area contributed by atoms with Gasteiger partial charge >= 0.3 is 5.97 Å². The Balaban J connectivity index is 1.44. The zero-order valence-corrected chi connectivity index (χ0v) is 15.7. The first-order valence-corrected chi connectivity index (χ1v) is 9.61. The molecule has 0 spiro atoms. The molecule has 8 heteroatoms. The Morgan fingerprint density at radius 1 is 1.43 bits per heavy atom. The number of nitrogens with zero attached hydrogens (tertiary/aromatic N) is 3. The van der Waals surface area contributed by atoms with Gasteiger partial charge in [0.1, 0.15) is 5.70 Å². The lowest BCUT2D eigenvalue weighted by Gasteiger charge is -2.44. The van der Waals surface area contributed by atoms with Gasteiger partial charge in [-0.05, 0) is 37.0 Å². The summed E-state index contributed by atoms with van der Waals surface area (Å²) < 4.78 is 0. The molecule has 148 valence electrons. The molecule has 1 saturated heterocycles. The Labute approximate surface area is 163 Å². The molecule has 0 saturated carbocycles. The van der Waals surface area contributed by atoms with E-state index in [0.29, 0.717) is 19.5 Å². The van der Waals surface area contributed by atoms with Gasteiger partial charge < -0.3 is 20.4 Å². The molecule has 0 bridgehead atoms. The van der Waals surface area contributed by atoms with Crippen LogP contribution < -0.4 is 5.32 Å². The van der Waals surface area contributed by atoms with E-state index in [-0.39, 0.29) is 23.6 Å². The number of rotatable bonds is 6. The highest BCUT2D eigenvalue weighted by Crippen LogP contribution is 2.45. The van der Waals surface area contributed by atoms with Crippen molar-refractivity contribution in [1.29, 1.82) is 0 Å². The summed E-state index contributed by atoms with van der Waals surface area (Å²) >= 11 is 0. The van der Waals surface area contributed by atoms with Crippen LogP contribution in [0.3, 0.4) is 0 Å². The Hall–Kier alpha value is -2.74. The first-order valence-electron chi connectivity index (χ1n) is 9.61. The van der Waals surface area contributed by atoms with E-state index in [4.69, 9.17) is 0 Å². The smallest absolute Gasteiger partial charge is 0.352 e. The summed E-state index contributed by atoms with van der Waals surface area (Å²) in [7, 11) is 0. The van der Waals surface area contributed by atoms with Crippen LogP contribution in [0.5, 0.6) is 0 Å². The summed E-state index contributed by atoms with van der Waals surface area (Å²) in [6, 6.07) is 3.69. The number of aliphatic imine (C=N–C) groups is 1. The van der Waals surface area contributed by atoms with Gasteiger partial charge in [-0.15, -0.1) is 0 Å². The first-order chi connectivity index (χ1) is 13.5. The molecule has 1 aromatic heterocycles. The van der Waals surface area contributed by atoms with Crippen molar-refractivity contribution in [1.82, 2.24) is 15.2 Å². The maximum Gasteiger partial charge on any atom is 0.352 e. The number of nitrogens with one attached hydrogen (secondary N) is 1. The fourth-order valence-corrected chi connectivity index (χ4v) is 4.46. The number of aliphatic carboxylic acids is 1. The molecule has 1 amide bonds. The van der Waals surface area contributed by atoms with Crippen molar-refractivity contribution in [3.8, 4) is 0 Å². The molecule has 3 aliphatic heterocycles. The predicted molar refractivity (Wildman–Crippen MR) is 101 cm³/mol. The van der Waals surface area contributed by atoms with E-state index in [0.717, 1.165) is 29.8 Å². The summed E-state index contributed by atoms with van der Waals surface area (Å²) in [5.74, 6) is -1.03. The summed E-state index contributed by atoms with van der Waals surface area (Å²) in [4.78, 5) is 34.2. The lowest BCUT2D eigenvalue weighted by atomic mass is 9.82. The lowest BCUT2D eigenvalue weighted by Crippen LogP contribution is -2.61. The molecule has 1 fully saturated rings. The number of fused-ring (bicyclic) bond motifs is 1. The largest absolute Gasteiger partial charge is 0.477 e. The van der Waals surface area contributed by atoms with Crippen LogP contribution in [0.25, 0.3) is 0 Å². The zero-order valence-electron chi connectivity index (χ0n) is 15.7. The van der Waals surface area contributed by atoms with E-state index in [1.807, 2.05) is 18.3 Å². The summed E-state index contributed by atoms with van der Waals surface area (Å²) in [5.41, 5.74) is 2.00. The molecular formula is C20H24N4O4. The van der Waals surface area contributed by atoms with Gasteiger partial charge in [0.05, 0.1) is 23.9 Å². The van der Waals surface area contributed by atoms with Crippen LogP contribution in [-0.2, 0) is 16.0 Å². The molecule has 1 unspecified atom stereocenters. The van der Waals surface area contributed by atoms with Gasteiger partial charge in [0.15, 0.2) is 0 Å². The number of carbonyl (C=O) groups excluding carboxylic acids is 1. The molecule has 3 N–H and O–H groups in total. The number of β-lactam (4-membered cyclic amide) rings is 1. The van der Waals surface area contributed by atoms with E-state index in [1.54, 1.807) is 13.1 Å². The molecule has 8 nitrogen and oxygen atoms in total. The number of carboxylic acid groups (broad SMARTS) is 1. The summed E-state index contributed by atoms with van der Waals surface area (Å²) in [6.45, 7) is 2.70. The van der Waals surface area contributed by atoms with Crippen LogP contribution in [0.4, 0.5) is 0 Å². The SMILES string of the molecule is C[C@@H](O)[C@H]1C(=O)N2C(C(=O)O)=C(C3CN=C(CCc4cccnc4)NC3)C[C@H]12. The minimum atomic E-state index is -1.08. The van der Waals surface area contributed by atoms with Crippen molar-refractivity contribution in [2.75, 3.05) is 13.1 Å². The minimum absolute atomic E-state index is 0.0544. The highest BCUT2D eigenvalue weighted by Gasteiger charge is 2.57. The second-order valence-electron chi connectivity index (χ2n) is 7.65. The van der Waals surface area contributed by atoms with Gasteiger partial charge in [-0.3, -0.25) is 14.8 Å². The van der Waals surface area contributed by atoms with Crippen molar-refractivity contribution >= 4 is 17.7 Å². The number of carboxylic acids is 1. The molecular weight excluding hydrogens is 360 g/mol. The quantitative estimate of drug-likeness (QED) is 0.618. The van der Waals surface area contributed by atoms with E-state index < -0.39 is 18.0 Å². The first kappa shape index (κ1) is 18.6. The van der Waals surface area contributed by atoms with Crippen molar-refractivity contribution in [3.05, 3.63) is 41.4 Å². The maximum absolute atomic E-state index is 12.3. The second kappa shape index (κ2) is 7.35. The van der Waals surface area contributed by atoms with Gasteiger partial charge in [-0.2, -0.15) is 0 Å². The molecule has 4 heterocycles. The standard InChI is InChI=1S/C20H24N4O4/c1-11(25)17-15-7-14(18(20(27)28)24(15)19(17)26)13-9-22-16(23-10-13)5-4-12-3-2-6-21-8-12/h2-3,6,8,11,13,15,17,25H,4-5,7,9-10H2,1H3,(H,22,23)(H,27,28)/t11-,15-,17-/m1/s1. The maximum atomic E-state index is 12.3. The third kappa shape index (κ3) is 3.17. The minimum Gasteiger partial charge on any atom is -0.477 e. The molecule has 0 aromatic carbocycles. The average Bonchev–Trinajstić information content (AvgIpc) is 3.02. The molecule has 0 aliphatic carbocycles. The summed E-state index contributed by atoms with van der Waals surface area (Å²) in [6.07, 6.45) is 4.93. The van der Waals surface area contributed by atoms with Crippen LogP contribution in [0.1, 0.15) is 25.3 Å². The molecule has 3 aliphatic rings. The monoisotopic (exact) mass is 384 g/mol. The Bertz CT molecular complexity index is 849. The van der Waals surface area contributed by atoms with Crippen LogP contribution in [0, 0.1) is 11.8 Å². The van der Waals surface area contributed by atoms with Crippen molar-refractivity contribution < 1.29 is 19.8 Å². The molecule has 4 atom stereocenters. The number of aryl methyl sites for hydroxylation is 1. The molecule has 0 radical (unpaired) electrons. The zero-order chi connectivity index (χ0) is 19.8. The highest BCUT2D eigenvalue weighted by atomic mass is 16.4. The Morgan fingerprint density at radius 3 is 2.86 bits per heavy atom. The molecule has 4 rings (SSSR count). The van der Waals surface area contributed by atoms with Gasteiger partial charge in [0.2, 0.25) is 5.91 Å². The van der Waals surface area contributed by atoms with Crippen molar-refractivity contribution in [2.24, 2.45) is 16.8 Å². The Kier molecular flexibility index (Phi) is 4.89. The van der Waals surface area contributed by atoms with Crippen molar-refractivity contribution in [2.45, 2.75) is 38.3 Å². The number of amides is 1. The lowest BCUT2D eigenvalue weighted by molar-refractivity contribution is -0.161. The second-order valence-corrected chi connectivity index (χ2v) is 7.65. The van der Waals surface area contributed by atoms with E-state index in [2.05, 4.69) is 15.3 Å². The van der Waals surface area contributed by atoms with E-state index in [9.17, 15) is 19.8 Å². The number of aromatic nitrogens is 1. The van der Waals surface area contributed by atoms with Crippen LogP contribution in [0.2, 0.25) is 0 Å². The number of aliphatic hydroxyl groups is 1. The van der Waals surface area contributed by atoms with Gasteiger partial charge in [0.25, 0.3) is 0 Å². The van der Waals surface area contributed by atoms with E-state index in [1.165, 1.54) is 4.90 Å². The third-order valence-corrected chi connectivity index (χ3v) is 5.89. The van der Waals surface area contributed by atoms with Crippen LogP contribution in [0.15, 0.2) is 40.8 Å². The fourth-order valence-electron chi connectivity index (χ4n) is 4.46. The number of pyridine rings is 1. The van der Waals surface area contributed by atoms with Gasteiger partial charge in [-0.1, -0.05) is 6.07 Å². The number of carbonyl (C=O) groups is 2. The summed E-state index contributed by atoms with van der Waals surface area (Å²) in [5, 5.41) is 22.8. The fraction of sp³-hybridized carbons (Fsp3) is 0.500. The third-order valence-electron chi connectivity index (χ3n) is 5.89. The normalized spacial score (nSPS) is 27.6. The van der Waals surface area contributed by atoms with Crippen molar-refractivity contribution in [3.63, 3.8) is 0 Å². The van der Waals surface area contributed by atoms with E-state index >= 15 is 0 Å². The topological polar surface area (TPSA) is 115 Å². The number of amidine groups is 1. The van der Waals surface area contributed by atoms with Gasteiger partial charge in [-0.25, -0.2) is 4.79 Å². The number of hydrogen-bond acceptors (Lipinski definition) is 6. The Morgan fingerprint density at radius 2 is 2.25 bits per heavy atom. The molecule has 28 heavy (non-hydrogen) atoms.